The lowest BCUT2D eigenvalue weighted by atomic mass is 9.86. The van der Waals surface area contributed by atoms with Crippen molar-refractivity contribution in [3.8, 4) is 0 Å². The SMILES string of the molecule is CN1C2CCC1CC(CC(=O)c1[nH+][nH]c3cc(N=O)ccc13)C2.O=CO.[OH-]. The van der Waals surface area contributed by atoms with Gasteiger partial charge in [-0.15, -0.1) is 10.0 Å². The van der Waals surface area contributed by atoms with Gasteiger partial charge in [0, 0.05) is 18.5 Å². The molecule has 0 saturated carbocycles. The normalized spacial score (nSPS) is 23.8. The molecular formula is C18H24N4O5. The van der Waals surface area contributed by atoms with E-state index >= 15 is 0 Å². The predicted octanol–water partition coefficient (Wildman–Crippen LogP) is 2.35. The molecule has 2 bridgehead atoms. The molecule has 0 radical (unpaired) electrons. The first-order valence-corrected chi connectivity index (χ1v) is 8.77. The molecule has 2 atom stereocenters. The number of ketones is 1. The van der Waals surface area contributed by atoms with E-state index in [1.807, 2.05) is 0 Å². The number of hydrogen-bond donors (Lipinski definition) is 2. The molecule has 3 heterocycles. The molecule has 9 nitrogen and oxygen atoms in total. The van der Waals surface area contributed by atoms with E-state index in [0.29, 0.717) is 35.8 Å². The standard InChI is InChI=1S/C17H20N4O2.CH2O2.H2O/c1-21-12-3-4-13(21)7-10(6-12)8-16(22)17-14-5-2-11(20-23)9-15(14)18-19-17;2-1-3;/h2,5,9-10,12-13H,3-4,6-8H2,1H3,(H,18,19);1H,(H,2,3);1H2. The lowest BCUT2D eigenvalue weighted by Crippen LogP contribution is -2.40. The summed E-state index contributed by atoms with van der Waals surface area (Å²) in [6, 6.07) is 6.39. The Morgan fingerprint density at radius 3 is 2.59 bits per heavy atom. The third-order valence-corrected chi connectivity index (χ3v) is 5.65. The molecule has 1 aromatic heterocycles. The molecule has 2 aliphatic heterocycles. The van der Waals surface area contributed by atoms with Gasteiger partial charge in [0.2, 0.25) is 5.78 Å². The third kappa shape index (κ3) is 4.20. The van der Waals surface area contributed by atoms with Crippen LogP contribution in [0.3, 0.4) is 0 Å². The first-order valence-electron chi connectivity index (χ1n) is 8.77. The molecule has 2 aromatic rings. The maximum Gasteiger partial charge on any atom is 0.290 e. The Labute approximate surface area is 156 Å². The van der Waals surface area contributed by atoms with E-state index in [4.69, 9.17) is 9.90 Å². The van der Waals surface area contributed by atoms with Crippen LogP contribution in [0.5, 0.6) is 0 Å². The summed E-state index contributed by atoms with van der Waals surface area (Å²) < 4.78 is 0. The van der Waals surface area contributed by atoms with Crippen LogP contribution in [0.15, 0.2) is 23.4 Å². The van der Waals surface area contributed by atoms with E-state index in [1.165, 1.54) is 12.8 Å². The molecule has 1 aromatic carbocycles. The monoisotopic (exact) mass is 376 g/mol. The maximum absolute atomic E-state index is 12.7. The van der Waals surface area contributed by atoms with Crippen LogP contribution in [-0.2, 0) is 4.79 Å². The van der Waals surface area contributed by atoms with Crippen LogP contribution >= 0.6 is 0 Å². The van der Waals surface area contributed by atoms with E-state index < -0.39 is 0 Å². The van der Waals surface area contributed by atoms with Gasteiger partial charge in [0.05, 0.1) is 5.39 Å². The molecule has 2 saturated heterocycles. The van der Waals surface area contributed by atoms with Gasteiger partial charge >= 0.3 is 0 Å². The molecule has 146 valence electrons. The largest absolute Gasteiger partial charge is 0.870 e. The lowest BCUT2D eigenvalue weighted by Gasteiger charge is -2.35. The molecule has 27 heavy (non-hydrogen) atoms. The van der Waals surface area contributed by atoms with Crippen molar-refractivity contribution in [2.45, 2.75) is 44.2 Å². The van der Waals surface area contributed by atoms with E-state index in [0.717, 1.165) is 23.7 Å². The molecule has 2 fully saturated rings. The average Bonchev–Trinajstić information content (AvgIpc) is 3.12. The summed E-state index contributed by atoms with van der Waals surface area (Å²) in [6.07, 6.45) is 5.39. The molecule has 2 unspecified atom stereocenters. The van der Waals surface area contributed by atoms with Gasteiger partial charge in [-0.3, -0.25) is 9.59 Å². The number of nitrogens with one attached hydrogen (secondary N) is 2. The summed E-state index contributed by atoms with van der Waals surface area (Å²) in [5.41, 5.74) is 1.72. The number of piperidine rings is 1. The van der Waals surface area contributed by atoms with E-state index in [9.17, 15) is 9.70 Å². The van der Waals surface area contributed by atoms with Crippen molar-refractivity contribution in [3.05, 3.63) is 28.8 Å². The van der Waals surface area contributed by atoms with Crippen LogP contribution in [0.1, 0.15) is 42.6 Å². The van der Waals surface area contributed by atoms with Gasteiger partial charge in [0.1, 0.15) is 11.2 Å². The highest BCUT2D eigenvalue weighted by molar-refractivity contribution is 6.04. The smallest absolute Gasteiger partial charge is 0.290 e. The molecule has 4 N–H and O–H groups in total. The summed E-state index contributed by atoms with van der Waals surface area (Å²) in [4.78, 5) is 34.2. The third-order valence-electron chi connectivity index (χ3n) is 5.65. The zero-order chi connectivity index (χ0) is 18.7. The number of benzene rings is 1. The van der Waals surface area contributed by atoms with Crippen molar-refractivity contribution in [1.82, 2.24) is 10.00 Å². The van der Waals surface area contributed by atoms with Crippen LogP contribution in [-0.4, -0.2) is 52.0 Å². The number of nitroso groups, excluding NO2 is 1. The second-order valence-corrected chi connectivity index (χ2v) is 7.07. The zero-order valence-corrected chi connectivity index (χ0v) is 15.1. The summed E-state index contributed by atoms with van der Waals surface area (Å²) in [7, 11) is 2.21. The second kappa shape index (κ2) is 8.83. The number of carbonyl (C=O) groups is 2. The number of hydrogen-bond acceptors (Lipinski definition) is 6. The van der Waals surface area contributed by atoms with Crippen LogP contribution in [0.25, 0.3) is 10.9 Å². The van der Waals surface area contributed by atoms with Crippen LogP contribution in [0, 0.1) is 10.8 Å². The summed E-state index contributed by atoms with van der Waals surface area (Å²) in [5.74, 6) is 0.627. The minimum absolute atomic E-state index is 0. The molecule has 0 spiro atoms. The fraction of sp³-hybridized carbons (Fsp3) is 0.500. The lowest BCUT2D eigenvalue weighted by molar-refractivity contribution is -0.449. The highest BCUT2D eigenvalue weighted by atomic mass is 16.3. The number of rotatable bonds is 4. The fourth-order valence-electron chi connectivity index (χ4n) is 4.38. The van der Waals surface area contributed by atoms with Crippen LogP contribution in [0.2, 0.25) is 0 Å². The summed E-state index contributed by atoms with van der Waals surface area (Å²) in [5, 5.41) is 16.6. The number of Topliss-reactive ketones (excluding diaryl/α,β-unsaturated/α-hetero) is 1. The minimum atomic E-state index is -0.250. The molecule has 9 heteroatoms. The Morgan fingerprint density at radius 1 is 1.37 bits per heavy atom. The van der Waals surface area contributed by atoms with Crippen molar-refractivity contribution in [2.75, 3.05) is 7.05 Å². The minimum Gasteiger partial charge on any atom is -0.870 e. The number of H-pyrrole nitrogens is 2. The van der Waals surface area contributed by atoms with Crippen molar-refractivity contribution < 1.29 is 25.3 Å². The van der Waals surface area contributed by atoms with Crippen molar-refractivity contribution in [1.29, 1.82) is 0 Å². The Hall–Kier alpha value is -2.65. The summed E-state index contributed by atoms with van der Waals surface area (Å²) >= 11 is 0. The molecule has 0 amide bonds. The Bertz CT molecular complexity index is 807. The molecular weight excluding hydrogens is 352 g/mol. The maximum atomic E-state index is 12.7. The van der Waals surface area contributed by atoms with Crippen LogP contribution in [0.4, 0.5) is 5.69 Å². The quantitative estimate of drug-likeness (QED) is 0.475. The van der Waals surface area contributed by atoms with Crippen molar-refractivity contribution in [3.63, 3.8) is 0 Å². The molecule has 2 aliphatic rings. The van der Waals surface area contributed by atoms with Gasteiger partial charge in [-0.05, 0) is 62.0 Å². The van der Waals surface area contributed by atoms with Gasteiger partial charge in [0.25, 0.3) is 12.2 Å². The second-order valence-electron chi connectivity index (χ2n) is 7.07. The Balaban J connectivity index is 0.000000614. The number of carbonyl (C=O) groups excluding carboxylic acids is 1. The number of aromatic nitrogens is 2. The van der Waals surface area contributed by atoms with Crippen molar-refractivity contribution in [2.24, 2.45) is 11.1 Å². The van der Waals surface area contributed by atoms with Gasteiger partial charge in [-0.2, -0.15) is 5.10 Å². The predicted molar refractivity (Wildman–Crippen MR) is 97.2 cm³/mol. The van der Waals surface area contributed by atoms with Gasteiger partial charge in [-0.1, -0.05) is 0 Å². The first-order chi connectivity index (χ1) is 12.6. The first kappa shape index (κ1) is 20.7. The Morgan fingerprint density at radius 2 is 2.00 bits per heavy atom. The van der Waals surface area contributed by atoms with Gasteiger partial charge < -0.3 is 15.5 Å². The number of carboxylic acid groups (broad SMARTS) is 1. The molecule has 4 rings (SSSR count). The topological polar surface area (TPSA) is 147 Å². The number of aromatic amines is 2. The van der Waals surface area contributed by atoms with E-state index in [1.54, 1.807) is 18.2 Å². The van der Waals surface area contributed by atoms with Crippen molar-refractivity contribution >= 4 is 28.8 Å². The van der Waals surface area contributed by atoms with Gasteiger partial charge in [-0.25, -0.2) is 0 Å². The zero-order valence-electron chi connectivity index (χ0n) is 15.1. The average molecular weight is 376 g/mol. The highest BCUT2D eigenvalue weighted by Gasteiger charge is 2.39. The Kier molecular flexibility index (Phi) is 6.75. The fourth-order valence-corrected chi connectivity index (χ4v) is 4.38. The van der Waals surface area contributed by atoms with Crippen LogP contribution < -0.4 is 5.10 Å². The molecule has 0 aliphatic carbocycles. The van der Waals surface area contributed by atoms with E-state index in [-0.39, 0.29) is 17.7 Å². The number of nitrogens with zero attached hydrogens (tertiary/aromatic N) is 2. The highest BCUT2D eigenvalue weighted by Crippen LogP contribution is 2.39. The summed E-state index contributed by atoms with van der Waals surface area (Å²) in [6.45, 7) is -0.250. The van der Waals surface area contributed by atoms with E-state index in [2.05, 4.69) is 27.3 Å². The number of fused-ring (bicyclic) bond motifs is 3. The van der Waals surface area contributed by atoms with Gasteiger partial charge in [0.15, 0.2) is 0 Å².